The zero-order chi connectivity index (χ0) is 15.6. The molecule has 1 aromatic carbocycles. The van der Waals surface area contributed by atoms with Crippen LogP contribution in [0, 0.1) is 19.7 Å². The van der Waals surface area contributed by atoms with E-state index in [9.17, 15) is 9.18 Å². The molecular weight excluding hydrogens is 291 g/mol. The summed E-state index contributed by atoms with van der Waals surface area (Å²) in [7, 11) is 1.27. The van der Waals surface area contributed by atoms with Crippen LogP contribution in [0.25, 0.3) is 0 Å². The molecule has 0 saturated carbocycles. The number of carbonyl (C=O) groups is 1. The van der Waals surface area contributed by atoms with Crippen molar-refractivity contribution >= 4 is 23.0 Å². The Kier molecular flexibility index (Phi) is 4.57. The number of hydrogen-bond donors (Lipinski definition) is 1. The monoisotopic (exact) mass is 308 g/mol. The molecule has 2 rings (SSSR count). The van der Waals surface area contributed by atoms with Gasteiger partial charge >= 0.3 is 5.97 Å². The van der Waals surface area contributed by atoms with E-state index in [1.807, 2.05) is 20.8 Å². The minimum Gasteiger partial charge on any atom is -0.465 e. The molecule has 0 aliphatic carbocycles. The molecule has 0 spiro atoms. The Bertz CT molecular complexity index is 670. The van der Waals surface area contributed by atoms with Gasteiger partial charge in [-0.05, 0) is 39.0 Å². The number of rotatable bonds is 4. The summed E-state index contributed by atoms with van der Waals surface area (Å²) in [6, 6.07) is 3.99. The normalized spacial score (nSPS) is 12.0. The number of methoxy groups -OCH3 is 1. The number of halogens is 1. The number of benzene rings is 1. The molecule has 1 N–H and O–H groups in total. The highest BCUT2D eigenvalue weighted by atomic mass is 32.1. The van der Waals surface area contributed by atoms with Crippen LogP contribution in [0.2, 0.25) is 0 Å². The Balaban J connectivity index is 2.31. The Morgan fingerprint density at radius 1 is 1.43 bits per heavy atom. The first-order chi connectivity index (χ1) is 9.92. The fraction of sp³-hybridized carbons (Fsp3) is 0.333. The highest BCUT2D eigenvalue weighted by molar-refractivity contribution is 7.11. The van der Waals surface area contributed by atoms with Gasteiger partial charge in [0.05, 0.1) is 29.4 Å². The van der Waals surface area contributed by atoms with Crippen LogP contribution in [-0.2, 0) is 4.74 Å². The van der Waals surface area contributed by atoms with Crippen LogP contribution in [0.15, 0.2) is 18.2 Å². The summed E-state index contributed by atoms with van der Waals surface area (Å²) in [5, 5.41) is 4.22. The van der Waals surface area contributed by atoms with Crippen LogP contribution in [0.4, 0.5) is 10.1 Å². The quantitative estimate of drug-likeness (QED) is 0.871. The molecule has 1 heterocycles. The number of nitrogens with zero attached hydrogens (tertiary/aromatic N) is 1. The van der Waals surface area contributed by atoms with Crippen LogP contribution in [-0.4, -0.2) is 18.1 Å². The summed E-state index contributed by atoms with van der Waals surface area (Å²) in [6.07, 6.45) is 0. The minimum absolute atomic E-state index is 0.0370. The van der Waals surface area contributed by atoms with Gasteiger partial charge < -0.3 is 10.1 Å². The number of anilines is 1. The average molecular weight is 308 g/mol. The second-order valence-electron chi connectivity index (χ2n) is 4.73. The van der Waals surface area contributed by atoms with Gasteiger partial charge in [-0.1, -0.05) is 0 Å². The van der Waals surface area contributed by atoms with E-state index in [0.717, 1.165) is 15.6 Å². The first-order valence-electron chi connectivity index (χ1n) is 6.50. The van der Waals surface area contributed by atoms with Crippen molar-refractivity contribution in [2.45, 2.75) is 26.8 Å². The molecule has 2 aromatic rings. The topological polar surface area (TPSA) is 51.2 Å². The fourth-order valence-corrected chi connectivity index (χ4v) is 3.10. The average Bonchev–Trinajstić information content (AvgIpc) is 2.78. The van der Waals surface area contributed by atoms with Gasteiger partial charge in [-0.25, -0.2) is 14.2 Å². The Labute approximate surface area is 127 Å². The van der Waals surface area contributed by atoms with E-state index in [2.05, 4.69) is 10.3 Å². The second-order valence-corrected chi connectivity index (χ2v) is 5.96. The Morgan fingerprint density at radius 3 is 2.71 bits per heavy atom. The van der Waals surface area contributed by atoms with Crippen molar-refractivity contribution in [3.63, 3.8) is 0 Å². The van der Waals surface area contributed by atoms with E-state index in [1.165, 1.54) is 19.2 Å². The highest BCUT2D eigenvalue weighted by Crippen LogP contribution is 2.29. The summed E-state index contributed by atoms with van der Waals surface area (Å²) < 4.78 is 18.0. The number of aromatic nitrogens is 1. The number of aryl methyl sites for hydroxylation is 2. The predicted molar refractivity (Wildman–Crippen MR) is 81.4 cm³/mol. The van der Waals surface area contributed by atoms with Gasteiger partial charge in [-0.2, -0.15) is 0 Å². The largest absolute Gasteiger partial charge is 0.465 e. The third-order valence-corrected chi connectivity index (χ3v) is 4.35. The lowest BCUT2D eigenvalue weighted by atomic mass is 10.1. The Morgan fingerprint density at radius 2 is 2.14 bits per heavy atom. The van der Waals surface area contributed by atoms with Crippen molar-refractivity contribution in [1.29, 1.82) is 0 Å². The van der Waals surface area contributed by atoms with Crippen LogP contribution >= 0.6 is 11.3 Å². The summed E-state index contributed by atoms with van der Waals surface area (Å²) in [5.74, 6) is -1.04. The molecule has 112 valence electrons. The van der Waals surface area contributed by atoms with Gasteiger partial charge in [0.15, 0.2) is 0 Å². The summed E-state index contributed by atoms with van der Waals surface area (Å²) in [5.41, 5.74) is 1.68. The zero-order valence-electron chi connectivity index (χ0n) is 12.4. The lowest BCUT2D eigenvalue weighted by Crippen LogP contribution is -2.12. The molecule has 0 aliphatic rings. The molecule has 0 saturated heterocycles. The van der Waals surface area contributed by atoms with Crippen molar-refractivity contribution in [2.75, 3.05) is 12.4 Å². The smallest absolute Gasteiger partial charge is 0.340 e. The van der Waals surface area contributed by atoms with E-state index in [1.54, 1.807) is 17.4 Å². The third kappa shape index (κ3) is 3.39. The minimum atomic E-state index is -0.568. The fourth-order valence-electron chi connectivity index (χ4n) is 2.17. The lowest BCUT2D eigenvalue weighted by molar-refractivity contribution is 0.0601. The van der Waals surface area contributed by atoms with Crippen molar-refractivity contribution in [1.82, 2.24) is 4.98 Å². The van der Waals surface area contributed by atoms with E-state index < -0.39 is 11.8 Å². The third-order valence-electron chi connectivity index (χ3n) is 3.09. The molecule has 0 fully saturated rings. The first kappa shape index (κ1) is 15.4. The van der Waals surface area contributed by atoms with Gasteiger partial charge in [0.1, 0.15) is 5.82 Å². The Hall–Kier alpha value is -1.95. The number of hydrogen-bond acceptors (Lipinski definition) is 5. The number of esters is 1. The molecule has 0 radical (unpaired) electrons. The highest BCUT2D eigenvalue weighted by Gasteiger charge is 2.18. The molecule has 1 atom stereocenters. The number of thiazole rings is 1. The molecule has 1 aromatic heterocycles. The summed E-state index contributed by atoms with van der Waals surface area (Å²) in [6.45, 7) is 5.87. The van der Waals surface area contributed by atoms with Crippen molar-refractivity contribution in [3.8, 4) is 0 Å². The van der Waals surface area contributed by atoms with E-state index in [4.69, 9.17) is 4.74 Å². The molecule has 1 unspecified atom stereocenters. The first-order valence-corrected chi connectivity index (χ1v) is 7.32. The molecule has 4 nitrogen and oxygen atoms in total. The van der Waals surface area contributed by atoms with Crippen LogP contribution in [0.5, 0.6) is 0 Å². The SMILES string of the molecule is COC(=O)c1cc(F)ccc1NC(C)c1sc(C)nc1C. The van der Waals surface area contributed by atoms with Gasteiger partial charge in [-0.15, -0.1) is 11.3 Å². The van der Waals surface area contributed by atoms with E-state index in [0.29, 0.717) is 5.69 Å². The van der Waals surface area contributed by atoms with Gasteiger partial charge in [0, 0.05) is 10.6 Å². The van der Waals surface area contributed by atoms with Gasteiger partial charge in [0.2, 0.25) is 0 Å². The number of nitrogens with one attached hydrogen (secondary N) is 1. The maximum Gasteiger partial charge on any atom is 0.340 e. The van der Waals surface area contributed by atoms with Gasteiger partial charge in [-0.3, -0.25) is 0 Å². The van der Waals surface area contributed by atoms with Crippen molar-refractivity contribution in [2.24, 2.45) is 0 Å². The van der Waals surface area contributed by atoms with Crippen LogP contribution < -0.4 is 5.32 Å². The van der Waals surface area contributed by atoms with E-state index >= 15 is 0 Å². The van der Waals surface area contributed by atoms with Gasteiger partial charge in [0.25, 0.3) is 0 Å². The zero-order valence-corrected chi connectivity index (χ0v) is 13.2. The maximum absolute atomic E-state index is 13.3. The van der Waals surface area contributed by atoms with E-state index in [-0.39, 0.29) is 11.6 Å². The molecule has 0 aliphatic heterocycles. The summed E-state index contributed by atoms with van der Waals surface area (Å²) >= 11 is 1.60. The second kappa shape index (κ2) is 6.22. The molecule has 6 heteroatoms. The number of carbonyl (C=O) groups excluding carboxylic acids is 1. The maximum atomic E-state index is 13.3. The van der Waals surface area contributed by atoms with Crippen molar-refractivity contribution < 1.29 is 13.9 Å². The predicted octanol–water partition coefficient (Wildman–Crippen LogP) is 3.86. The molecular formula is C15H17FN2O2S. The number of ether oxygens (including phenoxy) is 1. The van der Waals surface area contributed by atoms with Crippen molar-refractivity contribution in [3.05, 3.63) is 45.2 Å². The molecule has 21 heavy (non-hydrogen) atoms. The lowest BCUT2D eigenvalue weighted by Gasteiger charge is -2.17. The molecule has 0 bridgehead atoms. The standard InChI is InChI=1S/C15H17FN2O2S/c1-8-14(21-10(3)17-8)9(2)18-13-6-5-11(16)7-12(13)15(19)20-4/h5-7,9,18H,1-4H3. The van der Waals surface area contributed by atoms with Crippen LogP contribution in [0.1, 0.15) is 38.9 Å². The molecule has 0 amide bonds. The van der Waals surface area contributed by atoms with Crippen LogP contribution in [0.3, 0.4) is 0 Å². The summed E-state index contributed by atoms with van der Waals surface area (Å²) in [4.78, 5) is 17.2.